The van der Waals surface area contributed by atoms with Gasteiger partial charge in [0.05, 0.1) is 12.2 Å². The number of hydrogen-bond acceptors (Lipinski definition) is 3. The molecule has 2 rings (SSSR count). The van der Waals surface area contributed by atoms with Gasteiger partial charge in [0.1, 0.15) is 5.75 Å². The van der Waals surface area contributed by atoms with Gasteiger partial charge in [0.25, 0.3) is 0 Å². The molecule has 0 aliphatic carbocycles. The van der Waals surface area contributed by atoms with Crippen molar-refractivity contribution in [2.24, 2.45) is 0 Å². The Morgan fingerprint density at radius 1 is 0.923 bits per heavy atom. The predicted molar refractivity (Wildman–Crippen MR) is 107 cm³/mol. The molecule has 26 heavy (non-hydrogen) atoms. The summed E-state index contributed by atoms with van der Waals surface area (Å²) in [6.07, 6.45) is 7.42. The lowest BCUT2D eigenvalue weighted by Gasteiger charge is -2.15. The summed E-state index contributed by atoms with van der Waals surface area (Å²) in [5, 5.41) is 9.59. The molecule has 0 radical (unpaired) electrons. The van der Waals surface area contributed by atoms with Crippen molar-refractivity contribution in [3.8, 4) is 16.9 Å². The molecule has 0 bridgehead atoms. The number of benzene rings is 2. The first-order valence-electron chi connectivity index (χ1n) is 9.75. The fraction of sp³-hybridized carbons (Fsp3) is 0.435. The fourth-order valence-electron chi connectivity index (χ4n) is 3.09. The molecular formula is C23H30O3. The number of ether oxygens (including phenoxy) is 1. The number of esters is 1. The van der Waals surface area contributed by atoms with Crippen molar-refractivity contribution in [2.45, 2.75) is 58.8 Å². The molecule has 140 valence electrons. The Labute approximate surface area is 157 Å². The molecule has 3 heteroatoms. The number of aromatic hydroxyl groups is 1. The van der Waals surface area contributed by atoms with E-state index < -0.39 is 0 Å². The number of phenols is 1. The van der Waals surface area contributed by atoms with Crippen molar-refractivity contribution < 1.29 is 14.6 Å². The van der Waals surface area contributed by atoms with Gasteiger partial charge in [0.15, 0.2) is 0 Å². The molecule has 0 amide bonds. The highest BCUT2D eigenvalue weighted by Crippen LogP contribution is 2.31. The minimum Gasteiger partial charge on any atom is -0.508 e. The molecule has 0 saturated carbocycles. The molecule has 0 atom stereocenters. The average Bonchev–Trinajstić information content (AvgIpc) is 2.66. The Morgan fingerprint density at radius 3 is 2.35 bits per heavy atom. The summed E-state index contributed by atoms with van der Waals surface area (Å²) in [7, 11) is 0. The summed E-state index contributed by atoms with van der Waals surface area (Å²) in [5.41, 5.74) is 3.63. The van der Waals surface area contributed by atoms with Crippen LogP contribution in [0.5, 0.6) is 5.75 Å². The van der Waals surface area contributed by atoms with Gasteiger partial charge in [-0.2, -0.15) is 0 Å². The molecule has 1 N–H and O–H groups in total. The SMILES string of the molecule is CCCCCCOC(=O)c1cccc(CCCC)c1-c1ccc(O)cc1. The van der Waals surface area contributed by atoms with Crippen molar-refractivity contribution >= 4 is 5.97 Å². The van der Waals surface area contributed by atoms with Gasteiger partial charge in [-0.05, 0) is 54.2 Å². The summed E-state index contributed by atoms with van der Waals surface area (Å²) in [6.45, 7) is 4.79. The molecule has 3 nitrogen and oxygen atoms in total. The number of phenolic OH excluding ortho intramolecular Hbond substituents is 1. The molecule has 0 fully saturated rings. The maximum atomic E-state index is 12.7. The standard InChI is InChI=1S/C23H30O3/c1-3-5-7-8-17-26-23(25)21-12-9-11-18(10-6-4-2)22(21)19-13-15-20(24)16-14-19/h9,11-16,24H,3-8,10,17H2,1-2H3. The molecule has 0 unspecified atom stereocenters. The van der Waals surface area contributed by atoms with Crippen LogP contribution in [0.15, 0.2) is 42.5 Å². The molecule has 2 aromatic carbocycles. The number of hydrogen-bond donors (Lipinski definition) is 1. The average molecular weight is 354 g/mol. The van der Waals surface area contributed by atoms with E-state index >= 15 is 0 Å². The zero-order chi connectivity index (χ0) is 18.8. The van der Waals surface area contributed by atoms with Crippen molar-refractivity contribution in [2.75, 3.05) is 6.61 Å². The van der Waals surface area contributed by atoms with Crippen LogP contribution in [-0.2, 0) is 11.2 Å². The largest absolute Gasteiger partial charge is 0.508 e. The van der Waals surface area contributed by atoms with Gasteiger partial charge in [0, 0.05) is 0 Å². The molecule has 0 aliphatic heterocycles. The normalized spacial score (nSPS) is 10.7. The van der Waals surface area contributed by atoms with Gasteiger partial charge in [0.2, 0.25) is 0 Å². The zero-order valence-corrected chi connectivity index (χ0v) is 16.0. The highest BCUT2D eigenvalue weighted by molar-refractivity contribution is 5.98. The highest BCUT2D eigenvalue weighted by atomic mass is 16.5. The fourth-order valence-corrected chi connectivity index (χ4v) is 3.09. The lowest BCUT2D eigenvalue weighted by molar-refractivity contribution is 0.0498. The summed E-state index contributed by atoms with van der Waals surface area (Å²) in [6, 6.07) is 12.9. The second-order valence-electron chi connectivity index (χ2n) is 6.69. The van der Waals surface area contributed by atoms with Crippen molar-refractivity contribution in [3.05, 3.63) is 53.6 Å². The third kappa shape index (κ3) is 5.62. The predicted octanol–water partition coefficient (Wildman–Crippen LogP) is 6.14. The number of aryl methyl sites for hydroxylation is 1. The van der Waals surface area contributed by atoms with Crippen molar-refractivity contribution in [3.63, 3.8) is 0 Å². The first kappa shape index (κ1) is 20.0. The second-order valence-corrected chi connectivity index (χ2v) is 6.69. The van der Waals surface area contributed by atoms with E-state index in [0.717, 1.165) is 48.8 Å². The molecular weight excluding hydrogens is 324 g/mol. The first-order chi connectivity index (χ1) is 12.7. The van der Waals surface area contributed by atoms with E-state index in [1.54, 1.807) is 12.1 Å². The van der Waals surface area contributed by atoms with E-state index in [2.05, 4.69) is 19.9 Å². The van der Waals surface area contributed by atoms with Gasteiger partial charge >= 0.3 is 5.97 Å². The summed E-state index contributed by atoms with van der Waals surface area (Å²) in [5.74, 6) is -0.0391. The number of carbonyl (C=O) groups excluding carboxylic acids is 1. The molecule has 0 heterocycles. The monoisotopic (exact) mass is 354 g/mol. The smallest absolute Gasteiger partial charge is 0.338 e. The van der Waals surface area contributed by atoms with Crippen LogP contribution in [0.2, 0.25) is 0 Å². The van der Waals surface area contributed by atoms with E-state index in [1.807, 2.05) is 24.3 Å². The second kappa shape index (κ2) is 10.6. The first-order valence-corrected chi connectivity index (χ1v) is 9.75. The zero-order valence-electron chi connectivity index (χ0n) is 16.0. The summed E-state index contributed by atoms with van der Waals surface area (Å²) in [4.78, 5) is 12.7. The summed E-state index contributed by atoms with van der Waals surface area (Å²) >= 11 is 0. The molecule has 0 saturated heterocycles. The van der Waals surface area contributed by atoms with E-state index in [1.165, 1.54) is 12.8 Å². The van der Waals surface area contributed by atoms with Crippen LogP contribution >= 0.6 is 0 Å². The Balaban J connectivity index is 2.26. The van der Waals surface area contributed by atoms with E-state index in [0.29, 0.717) is 12.2 Å². The van der Waals surface area contributed by atoms with Gasteiger partial charge in [-0.25, -0.2) is 4.79 Å². The van der Waals surface area contributed by atoms with Crippen LogP contribution in [0, 0.1) is 0 Å². The van der Waals surface area contributed by atoms with Crippen LogP contribution in [0.3, 0.4) is 0 Å². The Bertz CT molecular complexity index is 689. The van der Waals surface area contributed by atoms with Crippen molar-refractivity contribution in [1.82, 2.24) is 0 Å². The van der Waals surface area contributed by atoms with Gasteiger partial charge in [-0.15, -0.1) is 0 Å². The van der Waals surface area contributed by atoms with Crippen LogP contribution in [-0.4, -0.2) is 17.7 Å². The highest BCUT2D eigenvalue weighted by Gasteiger charge is 2.17. The number of carbonyl (C=O) groups is 1. The third-order valence-electron chi connectivity index (χ3n) is 4.56. The van der Waals surface area contributed by atoms with Gasteiger partial charge in [-0.1, -0.05) is 63.8 Å². The van der Waals surface area contributed by atoms with Gasteiger partial charge < -0.3 is 9.84 Å². The maximum Gasteiger partial charge on any atom is 0.338 e. The molecule has 0 spiro atoms. The number of rotatable bonds is 10. The summed E-state index contributed by atoms with van der Waals surface area (Å²) < 4.78 is 5.53. The third-order valence-corrected chi connectivity index (χ3v) is 4.56. The Morgan fingerprint density at radius 2 is 1.65 bits per heavy atom. The van der Waals surface area contributed by atoms with Crippen LogP contribution in [0.25, 0.3) is 11.1 Å². The quantitative estimate of drug-likeness (QED) is 0.412. The van der Waals surface area contributed by atoms with Crippen molar-refractivity contribution in [1.29, 1.82) is 0 Å². The van der Waals surface area contributed by atoms with Crippen LogP contribution < -0.4 is 0 Å². The lowest BCUT2D eigenvalue weighted by atomic mass is 9.91. The topological polar surface area (TPSA) is 46.5 Å². The minimum absolute atomic E-state index is 0.222. The molecule has 2 aromatic rings. The maximum absolute atomic E-state index is 12.7. The van der Waals surface area contributed by atoms with E-state index in [4.69, 9.17) is 4.74 Å². The Hall–Kier alpha value is -2.29. The number of unbranched alkanes of at least 4 members (excludes halogenated alkanes) is 4. The van der Waals surface area contributed by atoms with Crippen LogP contribution in [0.4, 0.5) is 0 Å². The van der Waals surface area contributed by atoms with E-state index in [9.17, 15) is 9.90 Å². The Kier molecular flexibility index (Phi) is 8.20. The molecule has 0 aliphatic rings. The lowest BCUT2D eigenvalue weighted by Crippen LogP contribution is -2.09. The van der Waals surface area contributed by atoms with Gasteiger partial charge in [-0.3, -0.25) is 0 Å². The van der Waals surface area contributed by atoms with Crippen LogP contribution in [0.1, 0.15) is 68.3 Å². The van der Waals surface area contributed by atoms with E-state index in [-0.39, 0.29) is 11.7 Å². The molecule has 0 aromatic heterocycles. The minimum atomic E-state index is -0.261.